The predicted octanol–water partition coefficient (Wildman–Crippen LogP) is 1.69. The lowest BCUT2D eigenvalue weighted by molar-refractivity contribution is 0.412. The van der Waals surface area contributed by atoms with E-state index in [1.807, 2.05) is 0 Å². The molecule has 0 heterocycles. The first-order chi connectivity index (χ1) is 9.95. The maximum Gasteiger partial charge on any atom is 0.238 e. The number of sulfonamides is 1. The van der Waals surface area contributed by atoms with E-state index in [-0.39, 0.29) is 28.9 Å². The topological polar surface area (TPSA) is 111 Å². The molecule has 1 fully saturated rings. The summed E-state index contributed by atoms with van der Waals surface area (Å²) < 4.78 is 22.3. The van der Waals surface area contributed by atoms with Crippen molar-refractivity contribution < 1.29 is 8.42 Å². The molecule has 0 amide bonds. The summed E-state index contributed by atoms with van der Waals surface area (Å²) in [5, 5.41) is 8.28. The van der Waals surface area contributed by atoms with Gasteiger partial charge in [-0.05, 0) is 30.5 Å². The van der Waals surface area contributed by atoms with Crippen molar-refractivity contribution in [2.24, 2.45) is 15.9 Å². The standard InChI is InChI=1S/C14H22N4O2S.HI/c15-14(18-12-4-2-1-3-5-12)17-10-11-6-8-13(9-7-11)21(16,19)20;/h6-9,12H,1-5,10H2,(H3,15,17,18)(H2,16,19,20);1H. The monoisotopic (exact) mass is 438 g/mol. The summed E-state index contributed by atoms with van der Waals surface area (Å²) in [6.07, 6.45) is 6.05. The maximum atomic E-state index is 11.2. The first kappa shape index (κ1) is 19.2. The Morgan fingerprint density at radius 1 is 1.18 bits per heavy atom. The van der Waals surface area contributed by atoms with Crippen LogP contribution in [0.25, 0.3) is 0 Å². The van der Waals surface area contributed by atoms with E-state index in [0.717, 1.165) is 18.4 Å². The van der Waals surface area contributed by atoms with Gasteiger partial charge in [-0.25, -0.2) is 18.5 Å². The molecule has 5 N–H and O–H groups in total. The summed E-state index contributed by atoms with van der Waals surface area (Å²) in [4.78, 5) is 4.38. The number of hydrogen-bond acceptors (Lipinski definition) is 3. The quantitative estimate of drug-likeness (QED) is 0.378. The van der Waals surface area contributed by atoms with E-state index in [2.05, 4.69) is 10.3 Å². The number of nitrogens with zero attached hydrogens (tertiary/aromatic N) is 1. The first-order valence-electron chi connectivity index (χ1n) is 7.13. The number of guanidine groups is 1. The van der Waals surface area contributed by atoms with Gasteiger partial charge < -0.3 is 11.1 Å². The first-order valence-corrected chi connectivity index (χ1v) is 8.68. The van der Waals surface area contributed by atoms with Crippen LogP contribution in [0.4, 0.5) is 0 Å². The molecule has 1 aliphatic carbocycles. The minimum Gasteiger partial charge on any atom is -0.370 e. The van der Waals surface area contributed by atoms with Crippen LogP contribution in [-0.2, 0) is 16.6 Å². The van der Waals surface area contributed by atoms with Gasteiger partial charge in [-0.15, -0.1) is 24.0 Å². The van der Waals surface area contributed by atoms with Gasteiger partial charge >= 0.3 is 0 Å². The Hall–Kier alpha value is -0.870. The highest BCUT2D eigenvalue weighted by Gasteiger charge is 2.13. The Kier molecular flexibility index (Phi) is 7.57. The summed E-state index contributed by atoms with van der Waals surface area (Å²) in [5.41, 5.74) is 6.76. The zero-order chi connectivity index (χ0) is 15.3. The van der Waals surface area contributed by atoms with Crippen LogP contribution in [0.2, 0.25) is 0 Å². The zero-order valence-corrected chi connectivity index (χ0v) is 15.5. The number of aliphatic imine (C=N–C) groups is 1. The van der Waals surface area contributed by atoms with Crippen molar-refractivity contribution in [3.63, 3.8) is 0 Å². The molecule has 0 bridgehead atoms. The van der Waals surface area contributed by atoms with E-state index < -0.39 is 10.0 Å². The van der Waals surface area contributed by atoms with Gasteiger partial charge in [0.2, 0.25) is 10.0 Å². The van der Waals surface area contributed by atoms with Gasteiger partial charge in [0.05, 0.1) is 11.4 Å². The summed E-state index contributed by atoms with van der Waals surface area (Å²) in [6.45, 7) is 0.413. The fourth-order valence-electron chi connectivity index (χ4n) is 2.46. The minimum atomic E-state index is -3.64. The molecule has 1 saturated carbocycles. The Labute approximate surface area is 148 Å². The van der Waals surface area contributed by atoms with E-state index in [4.69, 9.17) is 10.9 Å². The Morgan fingerprint density at radius 3 is 2.32 bits per heavy atom. The van der Waals surface area contributed by atoms with Crippen LogP contribution >= 0.6 is 24.0 Å². The molecular weight excluding hydrogens is 415 g/mol. The van der Waals surface area contributed by atoms with Crippen molar-refractivity contribution in [2.75, 3.05) is 0 Å². The van der Waals surface area contributed by atoms with Crippen molar-refractivity contribution in [3.8, 4) is 0 Å². The van der Waals surface area contributed by atoms with Gasteiger partial charge in [-0.2, -0.15) is 0 Å². The van der Waals surface area contributed by atoms with E-state index in [1.54, 1.807) is 12.1 Å². The van der Waals surface area contributed by atoms with E-state index in [9.17, 15) is 8.42 Å². The summed E-state index contributed by atoms with van der Waals surface area (Å²) in [5.74, 6) is 0.442. The molecule has 124 valence electrons. The van der Waals surface area contributed by atoms with Crippen molar-refractivity contribution in [1.82, 2.24) is 5.32 Å². The molecule has 0 saturated heterocycles. The molecule has 0 radical (unpaired) electrons. The van der Waals surface area contributed by atoms with Crippen LogP contribution in [-0.4, -0.2) is 20.4 Å². The minimum absolute atomic E-state index is 0. The summed E-state index contributed by atoms with van der Waals surface area (Å²) >= 11 is 0. The van der Waals surface area contributed by atoms with E-state index in [1.165, 1.54) is 31.4 Å². The van der Waals surface area contributed by atoms with Gasteiger partial charge in [-0.3, -0.25) is 0 Å². The second-order valence-electron chi connectivity index (χ2n) is 5.37. The number of nitrogens with one attached hydrogen (secondary N) is 1. The fourth-order valence-corrected chi connectivity index (χ4v) is 2.98. The highest BCUT2D eigenvalue weighted by Crippen LogP contribution is 2.17. The number of rotatable bonds is 4. The number of halogens is 1. The lowest BCUT2D eigenvalue weighted by Gasteiger charge is -2.23. The number of benzene rings is 1. The van der Waals surface area contributed by atoms with Crippen molar-refractivity contribution >= 4 is 40.0 Å². The van der Waals surface area contributed by atoms with Crippen molar-refractivity contribution in [3.05, 3.63) is 29.8 Å². The van der Waals surface area contributed by atoms with Gasteiger partial charge in [0.15, 0.2) is 5.96 Å². The second kappa shape index (κ2) is 8.68. The van der Waals surface area contributed by atoms with Crippen LogP contribution < -0.4 is 16.2 Å². The lowest BCUT2D eigenvalue weighted by atomic mass is 9.96. The van der Waals surface area contributed by atoms with Crippen LogP contribution in [0, 0.1) is 0 Å². The molecule has 8 heteroatoms. The molecule has 0 spiro atoms. The summed E-state index contributed by atoms with van der Waals surface area (Å²) in [6, 6.07) is 6.76. The predicted molar refractivity (Wildman–Crippen MR) is 98.6 cm³/mol. The highest BCUT2D eigenvalue weighted by molar-refractivity contribution is 14.0. The number of primary sulfonamides is 1. The van der Waals surface area contributed by atoms with E-state index in [0.29, 0.717) is 18.5 Å². The summed E-state index contributed by atoms with van der Waals surface area (Å²) in [7, 11) is -3.64. The third-order valence-corrected chi connectivity index (χ3v) is 4.57. The normalized spacial score (nSPS) is 16.9. The van der Waals surface area contributed by atoms with Crippen LogP contribution in [0.15, 0.2) is 34.2 Å². The van der Waals surface area contributed by atoms with Gasteiger partial charge in [0.25, 0.3) is 0 Å². The lowest BCUT2D eigenvalue weighted by Crippen LogP contribution is -2.41. The van der Waals surface area contributed by atoms with Gasteiger partial charge in [-0.1, -0.05) is 31.4 Å². The molecule has 0 atom stereocenters. The maximum absolute atomic E-state index is 11.2. The molecule has 1 aromatic carbocycles. The van der Waals surface area contributed by atoms with Crippen molar-refractivity contribution in [2.45, 2.75) is 49.6 Å². The molecule has 0 aliphatic heterocycles. The highest BCUT2D eigenvalue weighted by atomic mass is 127. The van der Waals surface area contributed by atoms with E-state index >= 15 is 0 Å². The largest absolute Gasteiger partial charge is 0.370 e. The third-order valence-electron chi connectivity index (χ3n) is 3.64. The number of nitrogens with two attached hydrogens (primary N) is 2. The molecule has 1 aromatic rings. The van der Waals surface area contributed by atoms with Crippen LogP contribution in [0.1, 0.15) is 37.7 Å². The molecule has 1 aliphatic rings. The Bertz CT molecular complexity index is 596. The smallest absolute Gasteiger partial charge is 0.238 e. The molecule has 6 nitrogen and oxygen atoms in total. The zero-order valence-electron chi connectivity index (χ0n) is 12.4. The second-order valence-corrected chi connectivity index (χ2v) is 6.93. The Morgan fingerprint density at radius 2 is 1.77 bits per heavy atom. The molecule has 2 rings (SSSR count). The molecule has 0 aromatic heterocycles. The fraction of sp³-hybridized carbons (Fsp3) is 0.500. The van der Waals surface area contributed by atoms with Crippen molar-refractivity contribution in [1.29, 1.82) is 0 Å². The average Bonchev–Trinajstić information content (AvgIpc) is 2.46. The molecular formula is C14H23IN4O2S. The average molecular weight is 438 g/mol. The van der Waals surface area contributed by atoms with Crippen LogP contribution in [0.5, 0.6) is 0 Å². The Balaban J connectivity index is 0.00000242. The number of hydrogen-bond donors (Lipinski definition) is 3. The third kappa shape index (κ3) is 6.09. The molecule has 22 heavy (non-hydrogen) atoms. The SMILES string of the molecule is I.NC(=NCc1ccc(S(N)(=O)=O)cc1)NC1CCCCC1. The van der Waals surface area contributed by atoms with Gasteiger partial charge in [0, 0.05) is 6.04 Å². The van der Waals surface area contributed by atoms with Crippen LogP contribution in [0.3, 0.4) is 0 Å². The molecule has 0 unspecified atom stereocenters. The van der Waals surface area contributed by atoms with Gasteiger partial charge in [0.1, 0.15) is 0 Å².